The summed E-state index contributed by atoms with van der Waals surface area (Å²) in [6.07, 6.45) is 2.33. The van der Waals surface area contributed by atoms with Crippen LogP contribution in [0.2, 0.25) is 0 Å². The molecule has 0 aliphatic carbocycles. The molecule has 7 heteroatoms. The van der Waals surface area contributed by atoms with Crippen LogP contribution < -0.4 is 10.5 Å². The Balaban J connectivity index is 2.08. The second kappa shape index (κ2) is 5.62. The molecule has 4 N–H and O–H groups in total. The molecule has 1 aliphatic rings. The smallest absolute Gasteiger partial charge is 0.242 e. The Bertz CT molecular complexity index is 526. The van der Waals surface area contributed by atoms with Gasteiger partial charge in [0, 0.05) is 31.0 Å². The highest BCUT2D eigenvalue weighted by Crippen LogP contribution is 2.19. The van der Waals surface area contributed by atoms with Crippen LogP contribution in [0.4, 0.5) is 0 Å². The van der Waals surface area contributed by atoms with E-state index in [9.17, 15) is 8.42 Å². The van der Waals surface area contributed by atoms with Crippen LogP contribution in [0.5, 0.6) is 0 Å². The van der Waals surface area contributed by atoms with E-state index in [2.05, 4.69) is 28.6 Å². The SMILES string of the molecule is CC1CN(C)CCC1NS(=O)(=O)c1c[nH]c(CN)c1. The number of hydrogen-bond acceptors (Lipinski definition) is 4. The summed E-state index contributed by atoms with van der Waals surface area (Å²) in [6.45, 7) is 4.21. The van der Waals surface area contributed by atoms with Gasteiger partial charge in [0.15, 0.2) is 0 Å². The van der Waals surface area contributed by atoms with Crippen molar-refractivity contribution >= 4 is 10.0 Å². The van der Waals surface area contributed by atoms with Crippen LogP contribution in [0.25, 0.3) is 0 Å². The molecule has 2 heterocycles. The Morgan fingerprint density at radius 1 is 1.58 bits per heavy atom. The highest BCUT2D eigenvalue weighted by atomic mass is 32.2. The van der Waals surface area contributed by atoms with Crippen molar-refractivity contribution in [3.05, 3.63) is 18.0 Å². The van der Waals surface area contributed by atoms with Gasteiger partial charge < -0.3 is 15.6 Å². The zero-order valence-corrected chi connectivity index (χ0v) is 12.2. The van der Waals surface area contributed by atoms with Crippen molar-refractivity contribution in [2.45, 2.75) is 30.8 Å². The first kappa shape index (κ1) is 14.5. The van der Waals surface area contributed by atoms with Crippen molar-refractivity contribution in [3.8, 4) is 0 Å². The first-order valence-corrected chi connectivity index (χ1v) is 7.99. The van der Waals surface area contributed by atoms with Gasteiger partial charge in [0.05, 0.1) is 4.90 Å². The summed E-state index contributed by atoms with van der Waals surface area (Å²) in [5.41, 5.74) is 6.20. The van der Waals surface area contributed by atoms with Crippen molar-refractivity contribution in [1.29, 1.82) is 0 Å². The fourth-order valence-electron chi connectivity index (χ4n) is 2.49. The van der Waals surface area contributed by atoms with Crippen LogP contribution in [0.3, 0.4) is 0 Å². The Hall–Kier alpha value is -0.890. The summed E-state index contributed by atoms with van der Waals surface area (Å²) in [5.74, 6) is 0.307. The fourth-order valence-corrected chi connectivity index (χ4v) is 3.88. The lowest BCUT2D eigenvalue weighted by Crippen LogP contribution is -2.48. The number of likely N-dealkylation sites (tertiary alicyclic amines) is 1. The predicted octanol–water partition coefficient (Wildman–Crippen LogP) is 0.0919. The van der Waals surface area contributed by atoms with Gasteiger partial charge in [-0.15, -0.1) is 0 Å². The number of nitrogens with two attached hydrogens (primary N) is 1. The monoisotopic (exact) mass is 286 g/mol. The van der Waals surface area contributed by atoms with Gasteiger partial charge in [-0.2, -0.15) is 0 Å². The molecule has 1 aromatic rings. The normalized spacial score (nSPS) is 25.6. The highest BCUT2D eigenvalue weighted by Gasteiger charge is 2.29. The van der Waals surface area contributed by atoms with Crippen LogP contribution in [0, 0.1) is 5.92 Å². The van der Waals surface area contributed by atoms with E-state index in [1.165, 1.54) is 6.20 Å². The van der Waals surface area contributed by atoms with Crippen LogP contribution in [0.1, 0.15) is 19.0 Å². The molecule has 0 spiro atoms. The summed E-state index contributed by atoms with van der Waals surface area (Å²) in [7, 11) is -1.40. The second-order valence-electron chi connectivity index (χ2n) is 5.32. The summed E-state index contributed by atoms with van der Waals surface area (Å²) in [5, 5.41) is 0. The van der Waals surface area contributed by atoms with Crippen molar-refractivity contribution in [1.82, 2.24) is 14.6 Å². The molecule has 1 aromatic heterocycles. The molecule has 0 bridgehead atoms. The molecule has 108 valence electrons. The maximum absolute atomic E-state index is 12.3. The largest absolute Gasteiger partial charge is 0.363 e. The van der Waals surface area contributed by atoms with E-state index < -0.39 is 10.0 Å². The van der Waals surface area contributed by atoms with Crippen LogP contribution in [0.15, 0.2) is 17.2 Å². The van der Waals surface area contributed by atoms with Crippen molar-refractivity contribution in [3.63, 3.8) is 0 Å². The lowest BCUT2D eigenvalue weighted by Gasteiger charge is -2.34. The number of H-pyrrole nitrogens is 1. The molecule has 2 rings (SSSR count). The number of rotatable bonds is 4. The Morgan fingerprint density at radius 3 is 2.89 bits per heavy atom. The van der Waals surface area contributed by atoms with Gasteiger partial charge in [0.1, 0.15) is 0 Å². The van der Waals surface area contributed by atoms with Gasteiger partial charge in [-0.25, -0.2) is 13.1 Å². The number of nitrogens with one attached hydrogen (secondary N) is 2. The second-order valence-corrected chi connectivity index (χ2v) is 7.03. The first-order chi connectivity index (χ1) is 8.92. The van der Waals surface area contributed by atoms with Crippen LogP contribution in [-0.2, 0) is 16.6 Å². The maximum atomic E-state index is 12.3. The molecule has 0 radical (unpaired) electrons. The summed E-state index contributed by atoms with van der Waals surface area (Å²) in [4.78, 5) is 5.35. The van der Waals surface area contributed by atoms with E-state index in [-0.39, 0.29) is 10.9 Å². The molecule has 0 amide bonds. The number of piperidine rings is 1. The third kappa shape index (κ3) is 3.36. The van der Waals surface area contributed by atoms with Crippen LogP contribution in [-0.4, -0.2) is 44.5 Å². The molecule has 2 atom stereocenters. The van der Waals surface area contributed by atoms with Gasteiger partial charge in [-0.05, 0) is 32.0 Å². The Morgan fingerprint density at radius 2 is 2.32 bits per heavy atom. The first-order valence-electron chi connectivity index (χ1n) is 6.50. The van der Waals surface area contributed by atoms with Gasteiger partial charge in [0.2, 0.25) is 10.0 Å². The summed E-state index contributed by atoms with van der Waals surface area (Å²) >= 11 is 0. The van der Waals surface area contributed by atoms with Gasteiger partial charge in [0.25, 0.3) is 0 Å². The number of hydrogen-bond donors (Lipinski definition) is 3. The minimum atomic E-state index is -3.45. The van der Waals surface area contributed by atoms with E-state index in [1.54, 1.807) is 6.07 Å². The molecule has 1 saturated heterocycles. The van der Waals surface area contributed by atoms with Crippen molar-refractivity contribution in [2.24, 2.45) is 11.7 Å². The third-order valence-electron chi connectivity index (χ3n) is 3.66. The Labute approximate surface area is 114 Å². The number of sulfonamides is 1. The summed E-state index contributed by atoms with van der Waals surface area (Å²) < 4.78 is 27.3. The lowest BCUT2D eigenvalue weighted by atomic mass is 9.95. The van der Waals surface area contributed by atoms with E-state index >= 15 is 0 Å². The fraction of sp³-hybridized carbons (Fsp3) is 0.667. The lowest BCUT2D eigenvalue weighted by molar-refractivity contribution is 0.188. The third-order valence-corrected chi connectivity index (χ3v) is 5.13. The number of aromatic nitrogens is 1. The van der Waals surface area contributed by atoms with Gasteiger partial charge in [-0.1, -0.05) is 6.92 Å². The molecule has 2 unspecified atom stereocenters. The number of aromatic amines is 1. The molecular formula is C12H22N4O2S. The average Bonchev–Trinajstić information content (AvgIpc) is 2.82. The standard InChI is InChI=1S/C12H22N4O2S/c1-9-8-16(2)4-3-12(9)15-19(17,18)11-5-10(6-13)14-7-11/h5,7,9,12,14-15H,3-4,6,8,13H2,1-2H3. The highest BCUT2D eigenvalue weighted by molar-refractivity contribution is 7.89. The van der Waals surface area contributed by atoms with E-state index in [0.29, 0.717) is 12.5 Å². The zero-order valence-electron chi connectivity index (χ0n) is 11.4. The van der Waals surface area contributed by atoms with Crippen molar-refractivity contribution < 1.29 is 8.42 Å². The molecule has 1 fully saturated rings. The molecule has 19 heavy (non-hydrogen) atoms. The van der Waals surface area contributed by atoms with Crippen LogP contribution >= 0.6 is 0 Å². The summed E-state index contributed by atoms with van der Waals surface area (Å²) in [6, 6.07) is 1.58. The van der Waals surface area contributed by atoms with E-state index in [1.807, 2.05) is 0 Å². The van der Waals surface area contributed by atoms with Gasteiger partial charge in [-0.3, -0.25) is 0 Å². The molecular weight excluding hydrogens is 264 g/mol. The Kier molecular flexibility index (Phi) is 4.29. The minimum Gasteiger partial charge on any atom is -0.363 e. The predicted molar refractivity (Wildman–Crippen MR) is 74.1 cm³/mol. The minimum absolute atomic E-state index is 0.00238. The van der Waals surface area contributed by atoms with Gasteiger partial charge >= 0.3 is 0 Å². The van der Waals surface area contributed by atoms with E-state index in [4.69, 9.17) is 5.73 Å². The molecule has 6 nitrogen and oxygen atoms in total. The van der Waals surface area contributed by atoms with E-state index in [0.717, 1.165) is 25.2 Å². The maximum Gasteiger partial charge on any atom is 0.242 e. The number of nitrogens with zero attached hydrogens (tertiary/aromatic N) is 1. The molecule has 1 aliphatic heterocycles. The topological polar surface area (TPSA) is 91.2 Å². The zero-order chi connectivity index (χ0) is 14.0. The average molecular weight is 286 g/mol. The quantitative estimate of drug-likeness (QED) is 0.731. The van der Waals surface area contributed by atoms with Crippen molar-refractivity contribution in [2.75, 3.05) is 20.1 Å². The molecule has 0 saturated carbocycles. The molecule has 0 aromatic carbocycles.